The fourth-order valence-corrected chi connectivity index (χ4v) is 2.25. The molecule has 4 heteroatoms. The summed E-state index contributed by atoms with van der Waals surface area (Å²) in [6.45, 7) is 3.05. The Bertz CT molecular complexity index is 303. The highest BCUT2D eigenvalue weighted by Gasteiger charge is 2.06. The smallest absolute Gasteiger partial charge is 0.0720 e. The first kappa shape index (κ1) is 13.0. The quantitative estimate of drug-likeness (QED) is 0.718. The van der Waals surface area contributed by atoms with Crippen LogP contribution in [-0.2, 0) is 0 Å². The zero-order chi connectivity index (χ0) is 11.3. The van der Waals surface area contributed by atoms with Crippen LogP contribution in [0.3, 0.4) is 0 Å². The van der Waals surface area contributed by atoms with E-state index in [4.69, 9.17) is 34.8 Å². The molecule has 1 N–H and O–H groups in total. The molecule has 0 atom stereocenters. The molecule has 0 bridgehead atoms. The minimum Gasteiger partial charge on any atom is -0.383 e. The molecule has 0 saturated heterocycles. The Balaban J connectivity index is 2.60. The van der Waals surface area contributed by atoms with Gasteiger partial charge in [0.25, 0.3) is 0 Å². The first-order valence-corrected chi connectivity index (χ1v) is 6.17. The molecule has 0 fully saturated rings. The summed E-state index contributed by atoms with van der Waals surface area (Å²) in [7, 11) is 0. The molecule has 0 heterocycles. The number of hydrogen-bond acceptors (Lipinski definition) is 1. The van der Waals surface area contributed by atoms with Crippen LogP contribution in [0.15, 0.2) is 12.1 Å². The van der Waals surface area contributed by atoms with Gasteiger partial charge in [0, 0.05) is 11.6 Å². The molecule has 0 aromatic heterocycles. The molecule has 1 nitrogen and oxygen atoms in total. The van der Waals surface area contributed by atoms with E-state index in [9.17, 15) is 0 Å². The predicted octanol–water partition coefficient (Wildman–Crippen LogP) is 5.25. The maximum Gasteiger partial charge on any atom is 0.0720 e. The molecule has 0 radical (unpaired) electrons. The Hall–Kier alpha value is -0.110. The van der Waals surface area contributed by atoms with Gasteiger partial charge in [0.05, 0.1) is 15.7 Å². The number of unbranched alkanes of at least 4 members (excludes halogenated alkanes) is 2. The van der Waals surface area contributed by atoms with Crippen molar-refractivity contribution in [1.82, 2.24) is 0 Å². The maximum absolute atomic E-state index is 6.02. The van der Waals surface area contributed by atoms with Crippen LogP contribution in [0.1, 0.15) is 26.2 Å². The van der Waals surface area contributed by atoms with Gasteiger partial charge in [-0.2, -0.15) is 0 Å². The first-order chi connectivity index (χ1) is 7.15. The summed E-state index contributed by atoms with van der Waals surface area (Å²) in [4.78, 5) is 0. The number of benzene rings is 1. The lowest BCUT2D eigenvalue weighted by molar-refractivity contribution is 0.744. The van der Waals surface area contributed by atoms with E-state index >= 15 is 0 Å². The van der Waals surface area contributed by atoms with Gasteiger partial charge < -0.3 is 5.32 Å². The van der Waals surface area contributed by atoms with Crippen molar-refractivity contribution >= 4 is 40.5 Å². The minimum atomic E-state index is 0.559. The molecule has 1 aromatic carbocycles. The van der Waals surface area contributed by atoms with Crippen molar-refractivity contribution < 1.29 is 0 Å². The highest BCUT2D eigenvalue weighted by atomic mass is 35.5. The SMILES string of the molecule is CCCCCNc1c(Cl)cc(Cl)cc1Cl. The summed E-state index contributed by atoms with van der Waals surface area (Å²) in [5.41, 5.74) is 0.777. The Morgan fingerprint density at radius 3 is 2.20 bits per heavy atom. The van der Waals surface area contributed by atoms with E-state index in [1.807, 2.05) is 0 Å². The molecule has 84 valence electrons. The molecule has 0 spiro atoms. The van der Waals surface area contributed by atoms with E-state index < -0.39 is 0 Å². The van der Waals surface area contributed by atoms with Gasteiger partial charge in [0.2, 0.25) is 0 Å². The lowest BCUT2D eigenvalue weighted by Crippen LogP contribution is -2.02. The van der Waals surface area contributed by atoms with Crippen LogP contribution in [0, 0.1) is 0 Å². The van der Waals surface area contributed by atoms with Gasteiger partial charge >= 0.3 is 0 Å². The van der Waals surface area contributed by atoms with Gasteiger partial charge in [-0.1, -0.05) is 54.6 Å². The van der Waals surface area contributed by atoms with Gasteiger partial charge in [-0.25, -0.2) is 0 Å². The monoisotopic (exact) mass is 265 g/mol. The fraction of sp³-hybridized carbons (Fsp3) is 0.455. The van der Waals surface area contributed by atoms with Crippen molar-refractivity contribution in [3.8, 4) is 0 Å². The highest BCUT2D eigenvalue weighted by molar-refractivity contribution is 6.41. The Labute approximate surface area is 106 Å². The van der Waals surface area contributed by atoms with Crippen molar-refractivity contribution in [2.75, 3.05) is 11.9 Å². The highest BCUT2D eigenvalue weighted by Crippen LogP contribution is 2.33. The van der Waals surface area contributed by atoms with E-state index in [2.05, 4.69) is 12.2 Å². The molecule has 1 aromatic rings. The van der Waals surface area contributed by atoms with Gasteiger partial charge in [0.1, 0.15) is 0 Å². The second kappa shape index (κ2) is 6.47. The molecule has 0 saturated carbocycles. The minimum absolute atomic E-state index is 0.559. The van der Waals surface area contributed by atoms with E-state index in [1.54, 1.807) is 12.1 Å². The maximum atomic E-state index is 6.02. The van der Waals surface area contributed by atoms with Crippen molar-refractivity contribution in [1.29, 1.82) is 0 Å². The average Bonchev–Trinajstić information content (AvgIpc) is 2.15. The van der Waals surface area contributed by atoms with E-state index in [0.717, 1.165) is 18.7 Å². The van der Waals surface area contributed by atoms with Crippen LogP contribution in [0.25, 0.3) is 0 Å². The third-order valence-electron chi connectivity index (χ3n) is 2.09. The van der Waals surface area contributed by atoms with Crippen molar-refractivity contribution in [3.63, 3.8) is 0 Å². The number of nitrogens with one attached hydrogen (secondary N) is 1. The predicted molar refractivity (Wildman–Crippen MR) is 69.5 cm³/mol. The lowest BCUT2D eigenvalue weighted by atomic mass is 10.2. The third kappa shape index (κ3) is 4.10. The third-order valence-corrected chi connectivity index (χ3v) is 2.90. The molecule has 0 aliphatic carbocycles. The number of hydrogen-bond donors (Lipinski definition) is 1. The zero-order valence-electron chi connectivity index (χ0n) is 8.62. The van der Waals surface area contributed by atoms with Crippen LogP contribution in [0.5, 0.6) is 0 Å². The van der Waals surface area contributed by atoms with E-state index in [-0.39, 0.29) is 0 Å². The lowest BCUT2D eigenvalue weighted by Gasteiger charge is -2.10. The van der Waals surface area contributed by atoms with Crippen LogP contribution in [0.2, 0.25) is 15.1 Å². The summed E-state index contributed by atoms with van der Waals surface area (Å²) >= 11 is 17.8. The van der Waals surface area contributed by atoms with Crippen LogP contribution in [0.4, 0.5) is 5.69 Å². The normalized spacial score (nSPS) is 10.4. The topological polar surface area (TPSA) is 12.0 Å². The summed E-state index contributed by atoms with van der Waals surface area (Å²) in [5.74, 6) is 0. The second-order valence-corrected chi connectivity index (χ2v) is 4.63. The van der Waals surface area contributed by atoms with Crippen molar-refractivity contribution in [3.05, 3.63) is 27.2 Å². The summed E-state index contributed by atoms with van der Waals surface area (Å²) in [5, 5.41) is 4.93. The molecule has 0 aliphatic heterocycles. The number of halogens is 3. The summed E-state index contributed by atoms with van der Waals surface area (Å²) in [6.07, 6.45) is 3.52. The molecule has 1 rings (SSSR count). The number of anilines is 1. The summed E-state index contributed by atoms with van der Waals surface area (Å²) in [6, 6.07) is 3.38. The van der Waals surface area contributed by atoms with Crippen molar-refractivity contribution in [2.45, 2.75) is 26.2 Å². The standard InChI is InChI=1S/C11H14Cl3N/c1-2-3-4-5-15-11-9(13)6-8(12)7-10(11)14/h6-7,15H,2-5H2,1H3. The Morgan fingerprint density at radius 2 is 1.67 bits per heavy atom. The van der Waals surface area contributed by atoms with Gasteiger partial charge in [-0.3, -0.25) is 0 Å². The Kier molecular flexibility index (Phi) is 5.59. The number of rotatable bonds is 5. The molecule has 0 unspecified atom stereocenters. The van der Waals surface area contributed by atoms with Crippen LogP contribution >= 0.6 is 34.8 Å². The van der Waals surface area contributed by atoms with Gasteiger partial charge in [-0.05, 0) is 18.6 Å². The van der Waals surface area contributed by atoms with Gasteiger partial charge in [0.15, 0.2) is 0 Å². The zero-order valence-corrected chi connectivity index (χ0v) is 10.9. The largest absolute Gasteiger partial charge is 0.383 e. The van der Waals surface area contributed by atoms with Gasteiger partial charge in [-0.15, -0.1) is 0 Å². The molecular weight excluding hydrogens is 252 g/mol. The Morgan fingerprint density at radius 1 is 1.07 bits per heavy atom. The first-order valence-electron chi connectivity index (χ1n) is 5.03. The molecule has 0 aliphatic rings. The molecular formula is C11H14Cl3N. The van der Waals surface area contributed by atoms with Crippen molar-refractivity contribution in [2.24, 2.45) is 0 Å². The average molecular weight is 267 g/mol. The molecule has 0 amide bonds. The second-order valence-electron chi connectivity index (χ2n) is 3.38. The van der Waals surface area contributed by atoms with Crippen LogP contribution in [-0.4, -0.2) is 6.54 Å². The fourth-order valence-electron chi connectivity index (χ4n) is 1.30. The summed E-state index contributed by atoms with van der Waals surface area (Å²) < 4.78 is 0. The van der Waals surface area contributed by atoms with E-state index in [0.29, 0.717) is 15.1 Å². The molecule has 15 heavy (non-hydrogen) atoms. The van der Waals surface area contributed by atoms with E-state index in [1.165, 1.54) is 12.8 Å². The van der Waals surface area contributed by atoms with Crippen LogP contribution < -0.4 is 5.32 Å².